The topological polar surface area (TPSA) is 66.5 Å². The van der Waals surface area contributed by atoms with E-state index in [2.05, 4.69) is 5.32 Å². The predicted octanol–water partition coefficient (Wildman–Crippen LogP) is 5.44. The number of aryl methyl sites for hydroxylation is 3. The molecule has 0 aromatic heterocycles. The standard InChI is InChI=1S/C25H23ClN2O3S/c1-15-12-16(2)23(17(3)13-15)27-25(29)24-22(18-8-6-5-7-9-18)20-14-19(26)10-11-21(20)28(4)32(24,30)31/h5-14H,1-4H3,(H,27,29). The van der Waals surface area contributed by atoms with E-state index in [9.17, 15) is 13.2 Å². The fourth-order valence-corrected chi connectivity index (χ4v) is 5.81. The van der Waals surface area contributed by atoms with Crippen LogP contribution in [0.2, 0.25) is 5.02 Å². The van der Waals surface area contributed by atoms with Crippen LogP contribution in [-0.2, 0) is 14.8 Å². The zero-order valence-corrected chi connectivity index (χ0v) is 19.8. The molecule has 7 heteroatoms. The average Bonchev–Trinajstić information content (AvgIpc) is 2.73. The maximum atomic E-state index is 13.6. The van der Waals surface area contributed by atoms with Crippen molar-refractivity contribution in [1.82, 2.24) is 0 Å². The number of nitrogens with zero attached hydrogens (tertiary/aromatic N) is 1. The number of rotatable bonds is 3. The summed E-state index contributed by atoms with van der Waals surface area (Å²) in [5.41, 5.74) is 5.41. The van der Waals surface area contributed by atoms with Crippen molar-refractivity contribution >= 4 is 44.5 Å². The molecule has 1 N–H and O–H groups in total. The SMILES string of the molecule is Cc1cc(C)c(NC(=O)C2=C(c3ccccc3)c3cc(Cl)ccc3N(C)S2(=O)=O)c(C)c1. The largest absolute Gasteiger partial charge is 0.321 e. The van der Waals surface area contributed by atoms with Gasteiger partial charge in [0.1, 0.15) is 0 Å². The number of hydrogen-bond donors (Lipinski definition) is 1. The smallest absolute Gasteiger partial charge is 0.270 e. The van der Waals surface area contributed by atoms with Crippen LogP contribution in [-0.4, -0.2) is 21.4 Å². The zero-order chi connectivity index (χ0) is 23.2. The quantitative estimate of drug-likeness (QED) is 0.558. The Hall–Kier alpha value is -3.09. The van der Waals surface area contributed by atoms with Crippen LogP contribution in [0.15, 0.2) is 65.6 Å². The van der Waals surface area contributed by atoms with E-state index < -0.39 is 15.9 Å². The fourth-order valence-electron chi connectivity index (χ4n) is 4.17. The van der Waals surface area contributed by atoms with Crippen LogP contribution in [0, 0.1) is 20.8 Å². The minimum atomic E-state index is -4.12. The second kappa shape index (κ2) is 8.11. The fraction of sp³-hybridized carbons (Fsp3) is 0.160. The highest BCUT2D eigenvalue weighted by Crippen LogP contribution is 2.43. The van der Waals surface area contributed by atoms with Gasteiger partial charge in [-0.3, -0.25) is 9.10 Å². The van der Waals surface area contributed by atoms with E-state index in [1.54, 1.807) is 42.5 Å². The molecule has 0 spiro atoms. The van der Waals surface area contributed by atoms with Crippen LogP contribution in [0.5, 0.6) is 0 Å². The van der Waals surface area contributed by atoms with Crippen molar-refractivity contribution in [1.29, 1.82) is 0 Å². The van der Waals surface area contributed by atoms with E-state index >= 15 is 0 Å². The molecule has 0 atom stereocenters. The van der Waals surface area contributed by atoms with Crippen LogP contribution < -0.4 is 9.62 Å². The van der Waals surface area contributed by atoms with Gasteiger partial charge in [-0.25, -0.2) is 8.42 Å². The Bertz CT molecular complexity index is 1360. The molecule has 1 amide bonds. The maximum Gasteiger partial charge on any atom is 0.270 e. The monoisotopic (exact) mass is 466 g/mol. The number of sulfonamides is 1. The molecule has 4 rings (SSSR count). The molecule has 1 heterocycles. The Morgan fingerprint density at radius 1 is 0.938 bits per heavy atom. The van der Waals surface area contributed by atoms with Gasteiger partial charge in [-0.2, -0.15) is 0 Å². The molecular formula is C25H23ClN2O3S. The molecule has 164 valence electrons. The molecule has 0 fully saturated rings. The molecule has 1 aliphatic rings. The van der Waals surface area contributed by atoms with Gasteiger partial charge < -0.3 is 5.32 Å². The third-order valence-electron chi connectivity index (χ3n) is 5.60. The summed E-state index contributed by atoms with van der Waals surface area (Å²) in [6, 6.07) is 17.9. The van der Waals surface area contributed by atoms with Crippen molar-refractivity contribution in [3.05, 3.63) is 98.4 Å². The molecule has 3 aromatic carbocycles. The highest BCUT2D eigenvalue weighted by molar-refractivity contribution is 7.97. The second-order valence-electron chi connectivity index (χ2n) is 7.93. The highest BCUT2D eigenvalue weighted by atomic mass is 35.5. The lowest BCUT2D eigenvalue weighted by atomic mass is 9.95. The molecule has 0 radical (unpaired) electrons. The molecule has 0 bridgehead atoms. The minimum Gasteiger partial charge on any atom is -0.321 e. The van der Waals surface area contributed by atoms with Crippen molar-refractivity contribution in [3.63, 3.8) is 0 Å². The first-order valence-corrected chi connectivity index (χ1v) is 11.9. The van der Waals surface area contributed by atoms with Crippen molar-refractivity contribution in [3.8, 4) is 0 Å². The van der Waals surface area contributed by atoms with Gasteiger partial charge in [0.25, 0.3) is 15.9 Å². The van der Waals surface area contributed by atoms with Crippen LogP contribution in [0.1, 0.15) is 27.8 Å². The first-order valence-electron chi connectivity index (χ1n) is 10.1. The number of anilines is 2. The molecule has 32 heavy (non-hydrogen) atoms. The van der Waals surface area contributed by atoms with Crippen LogP contribution in [0.4, 0.5) is 11.4 Å². The molecule has 0 aliphatic carbocycles. The zero-order valence-electron chi connectivity index (χ0n) is 18.2. The number of amides is 1. The maximum absolute atomic E-state index is 13.6. The lowest BCUT2D eigenvalue weighted by Crippen LogP contribution is -2.37. The van der Waals surface area contributed by atoms with E-state index in [4.69, 9.17) is 11.6 Å². The summed E-state index contributed by atoms with van der Waals surface area (Å²) in [7, 11) is -2.68. The first-order chi connectivity index (χ1) is 15.1. The van der Waals surface area contributed by atoms with Gasteiger partial charge >= 0.3 is 0 Å². The van der Waals surface area contributed by atoms with Crippen LogP contribution in [0.25, 0.3) is 5.57 Å². The van der Waals surface area contributed by atoms with Crippen molar-refractivity contribution in [2.45, 2.75) is 20.8 Å². The Balaban J connectivity index is 2.00. The minimum absolute atomic E-state index is 0.305. The molecule has 1 aliphatic heterocycles. The highest BCUT2D eigenvalue weighted by Gasteiger charge is 2.40. The number of carbonyl (C=O) groups is 1. The molecule has 3 aromatic rings. The molecule has 0 saturated carbocycles. The van der Waals surface area contributed by atoms with Gasteiger partial charge in [-0.05, 0) is 55.7 Å². The Kier molecular flexibility index (Phi) is 5.61. The third kappa shape index (κ3) is 3.70. The number of halogens is 1. The van der Waals surface area contributed by atoms with Crippen molar-refractivity contribution in [2.24, 2.45) is 0 Å². The van der Waals surface area contributed by atoms with E-state index in [1.807, 2.05) is 39.0 Å². The first kappa shape index (κ1) is 22.1. The Morgan fingerprint density at radius 2 is 1.56 bits per heavy atom. The summed E-state index contributed by atoms with van der Waals surface area (Å²) in [5.74, 6) is -0.684. The Morgan fingerprint density at radius 3 is 2.19 bits per heavy atom. The normalized spacial score (nSPS) is 14.8. The van der Waals surface area contributed by atoms with Gasteiger partial charge in [0.05, 0.1) is 5.69 Å². The van der Waals surface area contributed by atoms with Crippen LogP contribution >= 0.6 is 11.6 Å². The van der Waals surface area contributed by atoms with Gasteiger partial charge in [-0.15, -0.1) is 0 Å². The summed E-state index contributed by atoms with van der Waals surface area (Å²) >= 11 is 6.27. The van der Waals surface area contributed by atoms with Gasteiger partial charge in [0, 0.05) is 28.9 Å². The summed E-state index contributed by atoms with van der Waals surface area (Å²) in [4.78, 5) is 13.3. The number of nitrogens with one attached hydrogen (secondary N) is 1. The summed E-state index contributed by atoms with van der Waals surface area (Å²) in [6.45, 7) is 5.75. The van der Waals surface area contributed by atoms with Crippen molar-refractivity contribution in [2.75, 3.05) is 16.7 Å². The molecular weight excluding hydrogens is 444 g/mol. The average molecular weight is 467 g/mol. The molecule has 5 nitrogen and oxygen atoms in total. The van der Waals surface area contributed by atoms with Crippen LogP contribution in [0.3, 0.4) is 0 Å². The summed E-state index contributed by atoms with van der Waals surface area (Å²) in [5, 5.41) is 3.31. The number of fused-ring (bicyclic) bond motifs is 1. The van der Waals surface area contributed by atoms with Gasteiger partial charge in [0.2, 0.25) is 0 Å². The number of benzene rings is 3. The number of carbonyl (C=O) groups excluding carboxylic acids is 1. The molecule has 0 saturated heterocycles. The number of hydrogen-bond acceptors (Lipinski definition) is 3. The predicted molar refractivity (Wildman–Crippen MR) is 131 cm³/mol. The van der Waals surface area contributed by atoms with E-state index in [1.165, 1.54) is 7.05 Å². The van der Waals surface area contributed by atoms with E-state index in [-0.39, 0.29) is 4.91 Å². The van der Waals surface area contributed by atoms with Gasteiger partial charge in [0.15, 0.2) is 4.91 Å². The van der Waals surface area contributed by atoms with Gasteiger partial charge in [-0.1, -0.05) is 59.6 Å². The lowest BCUT2D eigenvalue weighted by molar-refractivity contribution is -0.112. The third-order valence-corrected chi connectivity index (χ3v) is 7.66. The summed E-state index contributed by atoms with van der Waals surface area (Å²) < 4.78 is 28.3. The van der Waals surface area contributed by atoms with E-state index in [0.717, 1.165) is 21.0 Å². The Labute approximate surface area is 193 Å². The molecule has 0 unspecified atom stereocenters. The van der Waals surface area contributed by atoms with E-state index in [0.29, 0.717) is 33.1 Å². The lowest BCUT2D eigenvalue weighted by Gasteiger charge is -2.31. The van der Waals surface area contributed by atoms with Crippen molar-refractivity contribution < 1.29 is 13.2 Å². The second-order valence-corrected chi connectivity index (χ2v) is 10.3. The summed E-state index contributed by atoms with van der Waals surface area (Å²) in [6.07, 6.45) is 0.